The molecule has 1 aromatic rings. The molecule has 1 aromatic heterocycles. The van der Waals surface area contributed by atoms with Crippen LogP contribution in [-0.2, 0) is 4.74 Å². The maximum atomic E-state index is 11.3. The molecule has 0 aliphatic rings. The van der Waals surface area contributed by atoms with Crippen molar-refractivity contribution in [1.29, 1.82) is 0 Å². The molecule has 14 heavy (non-hydrogen) atoms. The van der Waals surface area contributed by atoms with Crippen LogP contribution in [-0.4, -0.2) is 25.2 Å². The van der Waals surface area contributed by atoms with Crippen LogP contribution >= 0.6 is 0 Å². The van der Waals surface area contributed by atoms with Crippen LogP contribution in [0.2, 0.25) is 0 Å². The van der Waals surface area contributed by atoms with Gasteiger partial charge in [-0.2, -0.15) is 0 Å². The van der Waals surface area contributed by atoms with Crippen LogP contribution in [0.25, 0.3) is 0 Å². The van der Waals surface area contributed by atoms with Crippen LogP contribution in [0.3, 0.4) is 0 Å². The standard InChI is InChI=1S/C10H13NO3/c1-6-5-11-8(10(12)14-4)7(2)9(6)13-3/h5H,1-4H3. The Hall–Kier alpha value is -1.58. The predicted molar refractivity (Wildman–Crippen MR) is 51.6 cm³/mol. The number of methoxy groups -OCH3 is 2. The first-order valence-electron chi connectivity index (χ1n) is 4.20. The maximum Gasteiger partial charge on any atom is 0.357 e. The number of carbonyl (C=O) groups is 1. The number of carbonyl (C=O) groups excluding carboxylic acids is 1. The van der Waals surface area contributed by atoms with E-state index in [2.05, 4.69) is 9.72 Å². The number of hydrogen-bond donors (Lipinski definition) is 0. The van der Waals surface area contributed by atoms with E-state index in [1.54, 1.807) is 20.2 Å². The van der Waals surface area contributed by atoms with Crippen molar-refractivity contribution in [3.05, 3.63) is 23.0 Å². The summed E-state index contributed by atoms with van der Waals surface area (Å²) in [5.74, 6) is 0.237. The summed E-state index contributed by atoms with van der Waals surface area (Å²) >= 11 is 0. The van der Waals surface area contributed by atoms with Gasteiger partial charge >= 0.3 is 5.97 Å². The number of rotatable bonds is 2. The smallest absolute Gasteiger partial charge is 0.357 e. The summed E-state index contributed by atoms with van der Waals surface area (Å²) in [7, 11) is 2.90. The fourth-order valence-electron chi connectivity index (χ4n) is 1.34. The largest absolute Gasteiger partial charge is 0.496 e. The highest BCUT2D eigenvalue weighted by Crippen LogP contribution is 2.24. The van der Waals surface area contributed by atoms with Gasteiger partial charge < -0.3 is 9.47 Å². The Morgan fingerprint density at radius 3 is 2.50 bits per heavy atom. The van der Waals surface area contributed by atoms with E-state index in [0.717, 1.165) is 5.56 Å². The highest BCUT2D eigenvalue weighted by molar-refractivity contribution is 5.89. The molecular formula is C10H13NO3. The number of ether oxygens (including phenoxy) is 2. The third-order valence-electron chi connectivity index (χ3n) is 2.02. The van der Waals surface area contributed by atoms with Gasteiger partial charge in [-0.15, -0.1) is 0 Å². The first kappa shape index (κ1) is 10.5. The number of esters is 1. The van der Waals surface area contributed by atoms with E-state index in [0.29, 0.717) is 17.0 Å². The number of aryl methyl sites for hydroxylation is 1. The second kappa shape index (κ2) is 4.09. The number of hydrogen-bond acceptors (Lipinski definition) is 4. The molecule has 1 rings (SSSR count). The zero-order valence-corrected chi connectivity index (χ0v) is 8.75. The second-order valence-corrected chi connectivity index (χ2v) is 2.94. The molecule has 1 heterocycles. The van der Waals surface area contributed by atoms with Gasteiger partial charge in [-0.05, 0) is 13.8 Å². The van der Waals surface area contributed by atoms with Crippen molar-refractivity contribution in [2.75, 3.05) is 14.2 Å². The zero-order chi connectivity index (χ0) is 10.7. The van der Waals surface area contributed by atoms with Gasteiger partial charge in [-0.1, -0.05) is 0 Å². The van der Waals surface area contributed by atoms with Gasteiger partial charge in [0, 0.05) is 17.3 Å². The summed E-state index contributed by atoms with van der Waals surface area (Å²) in [6.45, 7) is 3.66. The van der Waals surface area contributed by atoms with Crippen LogP contribution in [0.15, 0.2) is 6.20 Å². The molecule has 0 fully saturated rings. The summed E-state index contributed by atoms with van der Waals surface area (Å²) in [6, 6.07) is 0. The number of aromatic nitrogens is 1. The van der Waals surface area contributed by atoms with Crippen LogP contribution in [0.4, 0.5) is 0 Å². The molecule has 0 atom stereocenters. The van der Waals surface area contributed by atoms with Crippen LogP contribution in [0.1, 0.15) is 21.6 Å². The Bertz CT molecular complexity index is 361. The minimum Gasteiger partial charge on any atom is -0.496 e. The SMILES string of the molecule is COC(=O)c1ncc(C)c(OC)c1C. The van der Waals surface area contributed by atoms with Crippen molar-refractivity contribution < 1.29 is 14.3 Å². The van der Waals surface area contributed by atoms with Crippen molar-refractivity contribution >= 4 is 5.97 Å². The van der Waals surface area contributed by atoms with E-state index in [4.69, 9.17) is 4.74 Å². The molecule has 0 radical (unpaired) electrons. The molecule has 0 aliphatic heterocycles. The minimum absolute atomic E-state index is 0.301. The van der Waals surface area contributed by atoms with Crippen LogP contribution < -0.4 is 4.74 Å². The van der Waals surface area contributed by atoms with Gasteiger partial charge in [-0.3, -0.25) is 0 Å². The molecule has 0 bridgehead atoms. The third-order valence-corrected chi connectivity index (χ3v) is 2.02. The molecule has 0 spiro atoms. The molecule has 76 valence electrons. The lowest BCUT2D eigenvalue weighted by Gasteiger charge is -2.10. The summed E-state index contributed by atoms with van der Waals surface area (Å²) < 4.78 is 9.76. The van der Waals surface area contributed by atoms with Gasteiger partial charge in [0.25, 0.3) is 0 Å². The van der Waals surface area contributed by atoms with Gasteiger partial charge in [0.1, 0.15) is 5.75 Å². The van der Waals surface area contributed by atoms with Gasteiger partial charge in [0.15, 0.2) is 5.69 Å². The van der Waals surface area contributed by atoms with Crippen molar-refractivity contribution in [3.63, 3.8) is 0 Å². The summed E-state index contributed by atoms with van der Waals surface area (Å²) in [4.78, 5) is 15.3. The number of pyridine rings is 1. The summed E-state index contributed by atoms with van der Waals surface area (Å²) in [5.41, 5.74) is 1.91. The molecule has 0 N–H and O–H groups in total. The Morgan fingerprint density at radius 1 is 1.36 bits per heavy atom. The highest BCUT2D eigenvalue weighted by atomic mass is 16.5. The molecule has 0 saturated heterocycles. The third kappa shape index (κ3) is 1.69. The van der Waals surface area contributed by atoms with Crippen molar-refractivity contribution in [1.82, 2.24) is 4.98 Å². The monoisotopic (exact) mass is 195 g/mol. The van der Waals surface area contributed by atoms with Gasteiger partial charge in [0.05, 0.1) is 14.2 Å². The lowest BCUT2D eigenvalue weighted by Crippen LogP contribution is -2.08. The first-order chi connectivity index (χ1) is 6.61. The fraction of sp³-hybridized carbons (Fsp3) is 0.400. The minimum atomic E-state index is -0.444. The first-order valence-corrected chi connectivity index (χ1v) is 4.20. The Kier molecular flexibility index (Phi) is 3.06. The molecule has 0 amide bonds. The zero-order valence-electron chi connectivity index (χ0n) is 8.75. The van der Waals surface area contributed by atoms with E-state index in [1.165, 1.54) is 7.11 Å². The molecule has 0 aromatic carbocycles. The molecule has 0 aliphatic carbocycles. The predicted octanol–water partition coefficient (Wildman–Crippen LogP) is 1.49. The average Bonchev–Trinajstić information content (AvgIpc) is 2.18. The second-order valence-electron chi connectivity index (χ2n) is 2.94. The van der Waals surface area contributed by atoms with Gasteiger partial charge in [0.2, 0.25) is 0 Å². The Balaban J connectivity index is 3.28. The topological polar surface area (TPSA) is 48.4 Å². The van der Waals surface area contributed by atoms with E-state index in [9.17, 15) is 4.79 Å². The molecule has 4 heteroatoms. The molecular weight excluding hydrogens is 182 g/mol. The Labute approximate surface area is 82.9 Å². The molecule has 4 nitrogen and oxygen atoms in total. The summed E-state index contributed by atoms with van der Waals surface area (Å²) in [5, 5.41) is 0. The number of nitrogens with zero attached hydrogens (tertiary/aromatic N) is 1. The lowest BCUT2D eigenvalue weighted by atomic mass is 10.1. The van der Waals surface area contributed by atoms with Crippen LogP contribution in [0, 0.1) is 13.8 Å². The Morgan fingerprint density at radius 2 is 2.00 bits per heavy atom. The normalized spacial score (nSPS) is 9.71. The lowest BCUT2D eigenvalue weighted by molar-refractivity contribution is 0.0592. The van der Waals surface area contributed by atoms with Crippen molar-refractivity contribution in [2.45, 2.75) is 13.8 Å². The maximum absolute atomic E-state index is 11.3. The fourth-order valence-corrected chi connectivity index (χ4v) is 1.34. The van der Waals surface area contributed by atoms with Crippen molar-refractivity contribution in [3.8, 4) is 5.75 Å². The summed E-state index contributed by atoms with van der Waals surface area (Å²) in [6.07, 6.45) is 1.60. The van der Waals surface area contributed by atoms with E-state index in [-0.39, 0.29) is 0 Å². The highest BCUT2D eigenvalue weighted by Gasteiger charge is 2.15. The quantitative estimate of drug-likeness (QED) is 0.671. The van der Waals surface area contributed by atoms with E-state index < -0.39 is 5.97 Å². The molecule has 0 saturated carbocycles. The van der Waals surface area contributed by atoms with Crippen molar-refractivity contribution in [2.24, 2.45) is 0 Å². The van der Waals surface area contributed by atoms with Gasteiger partial charge in [-0.25, -0.2) is 9.78 Å². The van der Waals surface area contributed by atoms with E-state index >= 15 is 0 Å². The molecule has 0 unspecified atom stereocenters. The van der Waals surface area contributed by atoms with E-state index in [1.807, 2.05) is 6.92 Å². The average molecular weight is 195 g/mol. The van der Waals surface area contributed by atoms with Crippen LogP contribution in [0.5, 0.6) is 5.75 Å².